The predicted molar refractivity (Wildman–Crippen MR) is 83.6 cm³/mol. The molecule has 5 nitrogen and oxygen atoms in total. The number of aryl methyl sites for hydroxylation is 1. The number of nitrogens with one attached hydrogen (secondary N) is 1. The second kappa shape index (κ2) is 7.11. The van der Waals surface area contributed by atoms with Gasteiger partial charge in [-0.25, -0.2) is 4.79 Å². The fraction of sp³-hybridized carbons (Fsp3) is 0.500. The van der Waals surface area contributed by atoms with Gasteiger partial charge < -0.3 is 10.4 Å². The summed E-state index contributed by atoms with van der Waals surface area (Å²) >= 11 is 0. The van der Waals surface area contributed by atoms with Gasteiger partial charge in [0.25, 0.3) is 0 Å². The lowest BCUT2D eigenvalue weighted by Crippen LogP contribution is -2.46. The quantitative estimate of drug-likeness (QED) is 0.846. The molecule has 0 aromatic heterocycles. The zero-order valence-electron chi connectivity index (χ0n) is 13.1. The number of urea groups is 1. The third-order valence-electron chi connectivity index (χ3n) is 4.11. The maximum Gasteiger partial charge on any atom is 0.321 e. The third kappa shape index (κ3) is 3.97. The van der Waals surface area contributed by atoms with E-state index in [0.29, 0.717) is 12.8 Å². The van der Waals surface area contributed by atoms with Gasteiger partial charge in [0.1, 0.15) is 0 Å². The standard InChI is InChI=1S/C16H24N2O3/c1-5-16(6-2,14(19)20)11-17-15(21)18(4)13-9-7-12(3)8-10-13/h7-10H,5-6,11H2,1-4H3,(H,17,21)(H,19,20). The second-order valence-electron chi connectivity index (χ2n) is 5.35. The van der Waals surface area contributed by atoms with Crippen LogP contribution >= 0.6 is 0 Å². The lowest BCUT2D eigenvalue weighted by molar-refractivity contribution is -0.149. The number of carboxylic acid groups (broad SMARTS) is 1. The molecule has 2 N–H and O–H groups in total. The van der Waals surface area contributed by atoms with Crippen LogP contribution in [0.25, 0.3) is 0 Å². The second-order valence-corrected chi connectivity index (χ2v) is 5.35. The Morgan fingerprint density at radius 1 is 1.19 bits per heavy atom. The predicted octanol–water partition coefficient (Wildman–Crippen LogP) is 3.03. The highest BCUT2D eigenvalue weighted by Gasteiger charge is 2.35. The van der Waals surface area contributed by atoms with E-state index < -0.39 is 11.4 Å². The van der Waals surface area contributed by atoms with Crippen molar-refractivity contribution in [3.8, 4) is 0 Å². The molecule has 21 heavy (non-hydrogen) atoms. The summed E-state index contributed by atoms with van der Waals surface area (Å²) in [6.45, 7) is 5.76. The first-order chi connectivity index (χ1) is 9.86. The molecule has 1 aromatic rings. The van der Waals surface area contributed by atoms with Crippen LogP contribution < -0.4 is 10.2 Å². The van der Waals surface area contributed by atoms with Crippen LogP contribution in [0.1, 0.15) is 32.3 Å². The van der Waals surface area contributed by atoms with Gasteiger partial charge in [0, 0.05) is 19.3 Å². The molecule has 1 rings (SSSR count). The first kappa shape index (κ1) is 17.0. The van der Waals surface area contributed by atoms with Gasteiger partial charge in [0.2, 0.25) is 0 Å². The van der Waals surface area contributed by atoms with Crippen LogP contribution in [0.4, 0.5) is 10.5 Å². The largest absolute Gasteiger partial charge is 0.481 e. The number of nitrogens with zero attached hydrogens (tertiary/aromatic N) is 1. The molecular formula is C16H24N2O3. The van der Waals surface area contributed by atoms with Crippen molar-refractivity contribution in [2.45, 2.75) is 33.6 Å². The fourth-order valence-corrected chi connectivity index (χ4v) is 2.13. The highest BCUT2D eigenvalue weighted by molar-refractivity contribution is 5.91. The van der Waals surface area contributed by atoms with Crippen LogP contribution in [-0.4, -0.2) is 30.7 Å². The molecule has 0 saturated carbocycles. The molecule has 5 heteroatoms. The topological polar surface area (TPSA) is 69.6 Å². The Labute approximate surface area is 126 Å². The SMILES string of the molecule is CCC(CC)(CNC(=O)N(C)c1ccc(C)cc1)C(=O)O. The van der Waals surface area contributed by atoms with E-state index in [0.717, 1.165) is 11.3 Å². The maximum absolute atomic E-state index is 12.2. The van der Waals surface area contributed by atoms with Gasteiger partial charge in [-0.2, -0.15) is 0 Å². The zero-order chi connectivity index (χ0) is 16.0. The number of anilines is 1. The zero-order valence-corrected chi connectivity index (χ0v) is 13.1. The molecule has 0 spiro atoms. The molecule has 0 heterocycles. The maximum atomic E-state index is 12.2. The van der Waals surface area contributed by atoms with E-state index in [1.54, 1.807) is 7.05 Å². The fourth-order valence-electron chi connectivity index (χ4n) is 2.13. The summed E-state index contributed by atoms with van der Waals surface area (Å²) < 4.78 is 0. The number of aliphatic carboxylic acids is 1. The van der Waals surface area contributed by atoms with E-state index in [9.17, 15) is 14.7 Å². The van der Waals surface area contributed by atoms with Crippen LogP contribution in [0.15, 0.2) is 24.3 Å². The number of hydrogen-bond acceptors (Lipinski definition) is 2. The summed E-state index contributed by atoms with van der Waals surface area (Å²) in [5.74, 6) is -0.870. The van der Waals surface area contributed by atoms with E-state index in [2.05, 4.69) is 5.32 Å². The van der Waals surface area contributed by atoms with Gasteiger partial charge in [-0.05, 0) is 31.9 Å². The van der Waals surface area contributed by atoms with Crippen molar-refractivity contribution in [1.29, 1.82) is 0 Å². The molecule has 0 aliphatic rings. The van der Waals surface area contributed by atoms with E-state index in [-0.39, 0.29) is 12.6 Å². The summed E-state index contributed by atoms with van der Waals surface area (Å²) in [5.41, 5.74) is 0.991. The Morgan fingerprint density at radius 3 is 2.14 bits per heavy atom. The molecule has 0 aliphatic heterocycles. The Hall–Kier alpha value is -2.04. The molecule has 0 bridgehead atoms. The minimum Gasteiger partial charge on any atom is -0.481 e. The third-order valence-corrected chi connectivity index (χ3v) is 4.11. The summed E-state index contributed by atoms with van der Waals surface area (Å²) in [7, 11) is 1.67. The van der Waals surface area contributed by atoms with E-state index >= 15 is 0 Å². The van der Waals surface area contributed by atoms with Crippen molar-refractivity contribution < 1.29 is 14.7 Å². The van der Waals surface area contributed by atoms with E-state index in [4.69, 9.17) is 0 Å². The molecule has 0 aliphatic carbocycles. The van der Waals surface area contributed by atoms with Crippen LogP contribution in [0.3, 0.4) is 0 Å². The Bertz CT molecular complexity index is 493. The molecule has 0 atom stereocenters. The molecule has 116 valence electrons. The lowest BCUT2D eigenvalue weighted by Gasteiger charge is -2.28. The summed E-state index contributed by atoms with van der Waals surface area (Å²) in [5, 5.41) is 12.1. The molecule has 0 unspecified atom stereocenters. The summed E-state index contributed by atoms with van der Waals surface area (Å²) in [4.78, 5) is 25.0. The molecule has 2 amide bonds. The molecule has 1 aromatic carbocycles. The van der Waals surface area contributed by atoms with Crippen molar-refractivity contribution in [3.05, 3.63) is 29.8 Å². The van der Waals surface area contributed by atoms with Crippen molar-refractivity contribution in [2.75, 3.05) is 18.5 Å². The van der Waals surface area contributed by atoms with Gasteiger partial charge in [-0.1, -0.05) is 31.5 Å². The Kier molecular flexibility index (Phi) is 5.76. The number of carbonyl (C=O) groups excluding carboxylic acids is 1. The number of hydrogen-bond donors (Lipinski definition) is 2. The number of carbonyl (C=O) groups is 2. The van der Waals surface area contributed by atoms with Gasteiger partial charge in [0.05, 0.1) is 5.41 Å². The van der Waals surface area contributed by atoms with Crippen molar-refractivity contribution in [2.24, 2.45) is 5.41 Å². The average molecular weight is 292 g/mol. The van der Waals surface area contributed by atoms with Crippen LogP contribution in [0, 0.1) is 12.3 Å². The minimum absolute atomic E-state index is 0.129. The normalized spacial score (nSPS) is 11.0. The Balaban J connectivity index is 2.72. The summed E-state index contributed by atoms with van der Waals surface area (Å²) in [6, 6.07) is 7.28. The number of carboxylic acids is 1. The molecule has 0 radical (unpaired) electrons. The smallest absolute Gasteiger partial charge is 0.321 e. The Morgan fingerprint density at radius 2 is 1.71 bits per heavy atom. The van der Waals surface area contributed by atoms with Crippen molar-refractivity contribution in [3.63, 3.8) is 0 Å². The minimum atomic E-state index is -0.899. The summed E-state index contributed by atoms with van der Waals surface area (Å²) in [6.07, 6.45) is 0.959. The van der Waals surface area contributed by atoms with Crippen molar-refractivity contribution in [1.82, 2.24) is 5.32 Å². The van der Waals surface area contributed by atoms with Gasteiger partial charge in [-0.15, -0.1) is 0 Å². The first-order valence-electron chi connectivity index (χ1n) is 7.18. The number of benzene rings is 1. The van der Waals surface area contributed by atoms with Crippen LogP contribution in [-0.2, 0) is 4.79 Å². The highest BCUT2D eigenvalue weighted by Crippen LogP contribution is 2.25. The average Bonchev–Trinajstić information content (AvgIpc) is 2.48. The molecule has 0 fully saturated rings. The van der Waals surface area contributed by atoms with E-state index in [1.165, 1.54) is 4.90 Å². The number of rotatable bonds is 6. The van der Waals surface area contributed by atoms with Crippen molar-refractivity contribution >= 4 is 17.7 Å². The van der Waals surface area contributed by atoms with Gasteiger partial charge >= 0.3 is 12.0 Å². The molecule has 0 saturated heterocycles. The van der Waals surface area contributed by atoms with Gasteiger partial charge in [0.15, 0.2) is 0 Å². The van der Waals surface area contributed by atoms with Crippen LogP contribution in [0.2, 0.25) is 0 Å². The molecular weight excluding hydrogens is 268 g/mol. The van der Waals surface area contributed by atoms with Crippen LogP contribution in [0.5, 0.6) is 0 Å². The number of amides is 2. The monoisotopic (exact) mass is 292 g/mol. The van der Waals surface area contributed by atoms with E-state index in [1.807, 2.05) is 45.0 Å². The highest BCUT2D eigenvalue weighted by atomic mass is 16.4. The first-order valence-corrected chi connectivity index (χ1v) is 7.18. The van der Waals surface area contributed by atoms with Gasteiger partial charge in [-0.3, -0.25) is 9.69 Å². The lowest BCUT2D eigenvalue weighted by atomic mass is 9.82.